The number of rotatable bonds is 5. The maximum absolute atomic E-state index is 6.05. The van der Waals surface area contributed by atoms with E-state index in [9.17, 15) is 0 Å². The van der Waals surface area contributed by atoms with Crippen molar-refractivity contribution in [3.63, 3.8) is 0 Å². The van der Waals surface area contributed by atoms with Crippen LogP contribution in [0.1, 0.15) is 4.88 Å². The number of thiophene rings is 1. The molecule has 0 amide bonds. The Morgan fingerprint density at radius 2 is 1.90 bits per heavy atom. The van der Waals surface area contributed by atoms with Gasteiger partial charge in [-0.3, -0.25) is 0 Å². The molecule has 3 rings (SSSR count). The minimum Gasteiger partial charge on any atom is -0.477 e. The number of benzene rings is 1. The van der Waals surface area contributed by atoms with Gasteiger partial charge in [0.05, 0.1) is 6.61 Å². The summed E-state index contributed by atoms with van der Waals surface area (Å²) < 4.78 is 5.69. The van der Waals surface area contributed by atoms with E-state index in [2.05, 4.69) is 21.4 Å². The minimum atomic E-state index is 0.384. The van der Waals surface area contributed by atoms with Crippen LogP contribution in [-0.2, 0) is 6.42 Å². The van der Waals surface area contributed by atoms with Gasteiger partial charge in [-0.05, 0) is 11.4 Å². The Hall–Kier alpha value is -1.91. The van der Waals surface area contributed by atoms with E-state index >= 15 is 0 Å². The van der Waals surface area contributed by atoms with Gasteiger partial charge in [0.2, 0.25) is 5.88 Å². The lowest BCUT2D eigenvalue weighted by Gasteiger charge is -2.07. The largest absolute Gasteiger partial charge is 0.477 e. The number of ether oxygens (including phenoxy) is 1. The molecule has 0 atom stereocenters. The highest BCUT2D eigenvalue weighted by Crippen LogP contribution is 2.21. The molecule has 106 valence electrons. The highest BCUT2D eigenvalue weighted by Gasteiger charge is 2.06. The highest BCUT2D eigenvalue weighted by molar-refractivity contribution is 7.09. The molecule has 0 bridgehead atoms. The van der Waals surface area contributed by atoms with Crippen molar-refractivity contribution in [3.8, 4) is 17.3 Å². The summed E-state index contributed by atoms with van der Waals surface area (Å²) in [7, 11) is 0. The molecule has 3 aromatic rings. The summed E-state index contributed by atoms with van der Waals surface area (Å²) in [6, 6.07) is 15.5. The van der Waals surface area contributed by atoms with Crippen molar-refractivity contribution < 1.29 is 4.74 Å². The van der Waals surface area contributed by atoms with Gasteiger partial charge in [0.25, 0.3) is 0 Å². The van der Waals surface area contributed by atoms with Crippen molar-refractivity contribution in [2.45, 2.75) is 6.42 Å². The first-order valence-electron chi connectivity index (χ1n) is 6.56. The Bertz CT molecular complexity index is 702. The molecule has 0 radical (unpaired) electrons. The van der Waals surface area contributed by atoms with Gasteiger partial charge in [-0.1, -0.05) is 48.0 Å². The van der Waals surface area contributed by atoms with Crippen LogP contribution in [-0.4, -0.2) is 16.6 Å². The lowest BCUT2D eigenvalue weighted by atomic mass is 10.2. The number of halogens is 1. The molecule has 0 spiro atoms. The molecule has 0 unspecified atom stereocenters. The average molecular weight is 317 g/mol. The summed E-state index contributed by atoms with van der Waals surface area (Å²) >= 11 is 7.77. The fourth-order valence-corrected chi connectivity index (χ4v) is 2.76. The Labute approximate surface area is 132 Å². The first-order valence-corrected chi connectivity index (χ1v) is 7.82. The normalized spacial score (nSPS) is 10.5. The fourth-order valence-electron chi connectivity index (χ4n) is 1.90. The number of hydrogen-bond donors (Lipinski definition) is 0. The summed E-state index contributed by atoms with van der Waals surface area (Å²) in [5.41, 5.74) is 0.920. The average Bonchev–Trinajstić information content (AvgIpc) is 3.01. The summed E-state index contributed by atoms with van der Waals surface area (Å²) in [6.45, 7) is 0.572. The van der Waals surface area contributed by atoms with Crippen LogP contribution in [0.3, 0.4) is 0 Å². The summed E-state index contributed by atoms with van der Waals surface area (Å²) in [5.74, 6) is 1.08. The van der Waals surface area contributed by atoms with Crippen LogP contribution in [0.15, 0.2) is 53.9 Å². The summed E-state index contributed by atoms with van der Waals surface area (Å²) in [5, 5.41) is 2.44. The fraction of sp³-hybridized carbons (Fsp3) is 0.125. The van der Waals surface area contributed by atoms with Crippen molar-refractivity contribution in [1.29, 1.82) is 0 Å². The van der Waals surface area contributed by atoms with Crippen LogP contribution in [0.5, 0.6) is 5.88 Å². The first kappa shape index (κ1) is 14.0. The molecule has 0 aliphatic rings. The monoisotopic (exact) mass is 316 g/mol. The second kappa shape index (κ2) is 6.70. The molecular formula is C16H13ClN2OS. The van der Waals surface area contributed by atoms with Gasteiger partial charge in [-0.25, -0.2) is 4.98 Å². The Kier molecular flexibility index (Phi) is 4.48. The van der Waals surface area contributed by atoms with E-state index in [-0.39, 0.29) is 0 Å². The van der Waals surface area contributed by atoms with E-state index in [1.807, 2.05) is 36.4 Å². The van der Waals surface area contributed by atoms with Gasteiger partial charge in [0.1, 0.15) is 5.15 Å². The third-order valence-corrected chi connectivity index (χ3v) is 4.01. The van der Waals surface area contributed by atoms with E-state index in [0.29, 0.717) is 23.5 Å². The molecule has 0 aliphatic heterocycles. The van der Waals surface area contributed by atoms with E-state index in [0.717, 1.165) is 12.0 Å². The van der Waals surface area contributed by atoms with Crippen molar-refractivity contribution in [2.24, 2.45) is 0 Å². The second-order valence-corrected chi connectivity index (χ2v) is 5.82. The second-order valence-electron chi connectivity index (χ2n) is 4.40. The Balaban J connectivity index is 1.72. The summed E-state index contributed by atoms with van der Waals surface area (Å²) in [4.78, 5) is 9.94. The van der Waals surface area contributed by atoms with E-state index in [1.165, 1.54) is 4.88 Å². The van der Waals surface area contributed by atoms with Crippen molar-refractivity contribution in [3.05, 3.63) is 63.9 Å². The molecule has 0 saturated heterocycles. The van der Waals surface area contributed by atoms with E-state index in [4.69, 9.17) is 16.3 Å². The SMILES string of the molecule is Clc1cc(OCCc2cccs2)nc(-c2ccccc2)n1. The molecule has 21 heavy (non-hydrogen) atoms. The number of hydrogen-bond acceptors (Lipinski definition) is 4. The zero-order valence-electron chi connectivity index (χ0n) is 11.2. The van der Waals surface area contributed by atoms with Crippen LogP contribution in [0.25, 0.3) is 11.4 Å². The lowest BCUT2D eigenvalue weighted by molar-refractivity contribution is 0.310. The predicted molar refractivity (Wildman–Crippen MR) is 86.0 cm³/mol. The van der Waals surface area contributed by atoms with Crippen LogP contribution >= 0.6 is 22.9 Å². The third kappa shape index (κ3) is 3.80. The van der Waals surface area contributed by atoms with Gasteiger partial charge in [0, 0.05) is 22.9 Å². The maximum atomic E-state index is 6.05. The van der Waals surface area contributed by atoms with Crippen LogP contribution in [0.2, 0.25) is 5.15 Å². The van der Waals surface area contributed by atoms with Crippen LogP contribution in [0, 0.1) is 0 Å². The lowest BCUT2D eigenvalue weighted by Crippen LogP contribution is -2.03. The zero-order chi connectivity index (χ0) is 14.5. The van der Waals surface area contributed by atoms with Gasteiger partial charge in [-0.15, -0.1) is 11.3 Å². The zero-order valence-corrected chi connectivity index (χ0v) is 12.8. The van der Waals surface area contributed by atoms with Gasteiger partial charge >= 0.3 is 0 Å². The molecule has 0 fully saturated rings. The molecule has 0 aliphatic carbocycles. The van der Waals surface area contributed by atoms with Gasteiger partial charge < -0.3 is 4.74 Å². The van der Waals surface area contributed by atoms with Crippen molar-refractivity contribution in [2.75, 3.05) is 6.61 Å². The first-order chi connectivity index (χ1) is 10.3. The smallest absolute Gasteiger partial charge is 0.218 e. The Morgan fingerprint density at radius 1 is 1.05 bits per heavy atom. The quantitative estimate of drug-likeness (QED) is 0.651. The predicted octanol–water partition coefficient (Wildman–Crippen LogP) is 4.48. The van der Waals surface area contributed by atoms with E-state index in [1.54, 1.807) is 17.4 Å². The Morgan fingerprint density at radius 3 is 2.67 bits per heavy atom. The molecular weight excluding hydrogens is 304 g/mol. The molecule has 0 N–H and O–H groups in total. The third-order valence-electron chi connectivity index (χ3n) is 2.88. The number of nitrogens with zero attached hydrogens (tertiary/aromatic N) is 2. The van der Waals surface area contributed by atoms with Crippen molar-refractivity contribution >= 4 is 22.9 Å². The molecule has 2 aromatic heterocycles. The minimum absolute atomic E-state index is 0.384. The van der Waals surface area contributed by atoms with Crippen molar-refractivity contribution in [1.82, 2.24) is 9.97 Å². The van der Waals surface area contributed by atoms with Gasteiger partial charge in [-0.2, -0.15) is 4.98 Å². The summed E-state index contributed by atoms with van der Waals surface area (Å²) in [6.07, 6.45) is 0.861. The van der Waals surface area contributed by atoms with Crippen LogP contribution in [0.4, 0.5) is 0 Å². The molecule has 1 aromatic carbocycles. The number of aromatic nitrogens is 2. The topological polar surface area (TPSA) is 35.0 Å². The standard InChI is InChI=1S/C16H13ClN2OS/c17-14-11-15(20-9-8-13-7-4-10-21-13)19-16(18-14)12-5-2-1-3-6-12/h1-7,10-11H,8-9H2. The maximum Gasteiger partial charge on any atom is 0.218 e. The molecule has 2 heterocycles. The highest BCUT2D eigenvalue weighted by atomic mass is 35.5. The van der Waals surface area contributed by atoms with Crippen LogP contribution < -0.4 is 4.74 Å². The van der Waals surface area contributed by atoms with Gasteiger partial charge in [0.15, 0.2) is 5.82 Å². The van der Waals surface area contributed by atoms with E-state index < -0.39 is 0 Å². The molecule has 0 saturated carbocycles. The molecule has 5 heteroatoms. The molecule has 3 nitrogen and oxygen atoms in total.